The normalized spacial score (nSPS) is 16.2. The topological polar surface area (TPSA) is 40.5 Å². The standard InChI is InChI=1S/C8H14O2/c1-3-4-5-7(2)8(10)6-9/h3-5,8-10H,6H2,1-2H3/b4-3+,7-5-. The summed E-state index contributed by atoms with van der Waals surface area (Å²) < 4.78 is 0. The van der Waals surface area contributed by atoms with Gasteiger partial charge in [0.05, 0.1) is 12.7 Å². The zero-order valence-electron chi connectivity index (χ0n) is 6.41. The predicted octanol–water partition coefficient (Wildman–Crippen LogP) is 0.862. The zero-order valence-corrected chi connectivity index (χ0v) is 6.41. The van der Waals surface area contributed by atoms with Gasteiger partial charge in [0.2, 0.25) is 0 Å². The van der Waals surface area contributed by atoms with Gasteiger partial charge in [-0.3, -0.25) is 0 Å². The smallest absolute Gasteiger partial charge is 0.0981 e. The van der Waals surface area contributed by atoms with Gasteiger partial charge >= 0.3 is 0 Å². The minimum Gasteiger partial charge on any atom is -0.393 e. The molecule has 0 aliphatic heterocycles. The Balaban J connectivity index is 3.91. The molecule has 0 saturated carbocycles. The lowest BCUT2D eigenvalue weighted by molar-refractivity contribution is 0.122. The van der Waals surface area contributed by atoms with Gasteiger partial charge in [0.15, 0.2) is 0 Å². The Labute approximate surface area is 61.5 Å². The molecule has 0 radical (unpaired) electrons. The number of aliphatic hydroxyl groups is 2. The summed E-state index contributed by atoms with van der Waals surface area (Å²) in [6.07, 6.45) is 4.76. The van der Waals surface area contributed by atoms with Crippen LogP contribution in [-0.2, 0) is 0 Å². The van der Waals surface area contributed by atoms with Gasteiger partial charge in [0, 0.05) is 0 Å². The van der Waals surface area contributed by atoms with Crippen LogP contribution in [0.4, 0.5) is 0 Å². The summed E-state index contributed by atoms with van der Waals surface area (Å²) in [6.45, 7) is 3.47. The quantitative estimate of drug-likeness (QED) is 0.574. The molecule has 0 saturated heterocycles. The van der Waals surface area contributed by atoms with Crippen LogP contribution in [0.3, 0.4) is 0 Å². The van der Waals surface area contributed by atoms with E-state index in [1.807, 2.05) is 19.1 Å². The fourth-order valence-electron chi connectivity index (χ4n) is 0.503. The van der Waals surface area contributed by atoms with Crippen molar-refractivity contribution in [2.75, 3.05) is 6.61 Å². The molecule has 0 aliphatic rings. The molecule has 0 bridgehead atoms. The van der Waals surface area contributed by atoms with E-state index in [4.69, 9.17) is 10.2 Å². The molecular weight excluding hydrogens is 128 g/mol. The summed E-state index contributed by atoms with van der Waals surface area (Å²) in [5.74, 6) is 0. The molecule has 0 amide bonds. The first-order valence-corrected chi connectivity index (χ1v) is 3.30. The highest BCUT2D eigenvalue weighted by Gasteiger charge is 2.00. The van der Waals surface area contributed by atoms with Crippen molar-refractivity contribution in [1.82, 2.24) is 0 Å². The molecule has 0 aromatic rings. The second kappa shape index (κ2) is 5.21. The molecule has 0 aromatic heterocycles. The summed E-state index contributed by atoms with van der Waals surface area (Å²) in [6, 6.07) is 0. The fraction of sp³-hybridized carbons (Fsp3) is 0.500. The summed E-state index contributed by atoms with van der Waals surface area (Å²) in [4.78, 5) is 0. The zero-order chi connectivity index (χ0) is 7.98. The van der Waals surface area contributed by atoms with Gasteiger partial charge in [-0.15, -0.1) is 0 Å². The van der Waals surface area contributed by atoms with Gasteiger partial charge in [0.25, 0.3) is 0 Å². The molecule has 2 heteroatoms. The highest BCUT2D eigenvalue weighted by molar-refractivity contribution is 5.13. The Morgan fingerprint density at radius 3 is 2.60 bits per heavy atom. The molecule has 0 aliphatic carbocycles. The van der Waals surface area contributed by atoms with E-state index in [1.165, 1.54) is 0 Å². The third-order valence-electron chi connectivity index (χ3n) is 1.25. The van der Waals surface area contributed by atoms with Crippen LogP contribution in [-0.4, -0.2) is 22.9 Å². The lowest BCUT2D eigenvalue weighted by Crippen LogP contribution is -2.12. The molecule has 58 valence electrons. The van der Waals surface area contributed by atoms with Crippen molar-refractivity contribution in [3.63, 3.8) is 0 Å². The molecule has 1 atom stereocenters. The largest absolute Gasteiger partial charge is 0.393 e. The number of aliphatic hydroxyl groups excluding tert-OH is 2. The Morgan fingerprint density at radius 2 is 2.20 bits per heavy atom. The van der Waals surface area contributed by atoms with E-state index < -0.39 is 6.10 Å². The molecular formula is C8H14O2. The van der Waals surface area contributed by atoms with Crippen LogP contribution in [0.15, 0.2) is 23.8 Å². The second-order valence-corrected chi connectivity index (χ2v) is 2.13. The Kier molecular flexibility index (Phi) is 4.89. The fourth-order valence-corrected chi connectivity index (χ4v) is 0.503. The van der Waals surface area contributed by atoms with Crippen LogP contribution in [0.25, 0.3) is 0 Å². The minimum absolute atomic E-state index is 0.208. The van der Waals surface area contributed by atoms with Crippen molar-refractivity contribution < 1.29 is 10.2 Å². The summed E-state index contributed by atoms with van der Waals surface area (Å²) in [5, 5.41) is 17.5. The lowest BCUT2D eigenvalue weighted by atomic mass is 10.1. The van der Waals surface area contributed by atoms with Crippen LogP contribution in [0.2, 0.25) is 0 Å². The van der Waals surface area contributed by atoms with E-state index in [2.05, 4.69) is 0 Å². The molecule has 0 heterocycles. The van der Waals surface area contributed by atoms with Crippen LogP contribution in [0, 0.1) is 0 Å². The van der Waals surface area contributed by atoms with Crippen molar-refractivity contribution in [1.29, 1.82) is 0 Å². The van der Waals surface area contributed by atoms with Crippen LogP contribution in [0.1, 0.15) is 13.8 Å². The van der Waals surface area contributed by atoms with Gasteiger partial charge in [-0.25, -0.2) is 0 Å². The molecule has 0 rings (SSSR count). The van der Waals surface area contributed by atoms with Crippen molar-refractivity contribution in [2.45, 2.75) is 20.0 Å². The van der Waals surface area contributed by atoms with E-state index in [1.54, 1.807) is 13.0 Å². The van der Waals surface area contributed by atoms with Crippen molar-refractivity contribution in [3.8, 4) is 0 Å². The van der Waals surface area contributed by atoms with E-state index >= 15 is 0 Å². The number of hydrogen-bond donors (Lipinski definition) is 2. The van der Waals surface area contributed by atoms with E-state index in [-0.39, 0.29) is 6.61 Å². The third kappa shape index (κ3) is 3.43. The maximum atomic E-state index is 9.00. The number of hydrogen-bond acceptors (Lipinski definition) is 2. The average molecular weight is 142 g/mol. The van der Waals surface area contributed by atoms with E-state index in [0.717, 1.165) is 5.57 Å². The van der Waals surface area contributed by atoms with E-state index in [9.17, 15) is 0 Å². The SMILES string of the molecule is C/C=C/C=C(/C)C(O)CO. The monoisotopic (exact) mass is 142 g/mol. The number of allylic oxidation sites excluding steroid dienone is 3. The molecule has 2 N–H and O–H groups in total. The van der Waals surface area contributed by atoms with E-state index in [0.29, 0.717) is 0 Å². The molecule has 0 aromatic carbocycles. The Bertz CT molecular complexity index is 136. The van der Waals surface area contributed by atoms with Crippen LogP contribution < -0.4 is 0 Å². The first-order valence-electron chi connectivity index (χ1n) is 3.30. The molecule has 0 fully saturated rings. The van der Waals surface area contributed by atoms with Gasteiger partial charge in [-0.05, 0) is 19.4 Å². The predicted molar refractivity (Wildman–Crippen MR) is 41.7 cm³/mol. The average Bonchev–Trinajstić information content (AvgIpc) is 1.98. The lowest BCUT2D eigenvalue weighted by Gasteiger charge is -2.04. The van der Waals surface area contributed by atoms with Gasteiger partial charge in [0.1, 0.15) is 0 Å². The number of rotatable bonds is 3. The van der Waals surface area contributed by atoms with Gasteiger partial charge < -0.3 is 10.2 Å². The van der Waals surface area contributed by atoms with Crippen molar-refractivity contribution >= 4 is 0 Å². The van der Waals surface area contributed by atoms with Gasteiger partial charge in [-0.1, -0.05) is 18.2 Å². The minimum atomic E-state index is -0.712. The molecule has 2 nitrogen and oxygen atoms in total. The second-order valence-electron chi connectivity index (χ2n) is 2.13. The highest BCUT2D eigenvalue weighted by atomic mass is 16.3. The molecule has 10 heavy (non-hydrogen) atoms. The summed E-state index contributed by atoms with van der Waals surface area (Å²) in [5.41, 5.74) is 0.778. The summed E-state index contributed by atoms with van der Waals surface area (Å²) in [7, 11) is 0. The maximum Gasteiger partial charge on any atom is 0.0981 e. The highest BCUT2D eigenvalue weighted by Crippen LogP contribution is 1.99. The van der Waals surface area contributed by atoms with Crippen molar-refractivity contribution in [2.24, 2.45) is 0 Å². The first kappa shape index (κ1) is 9.40. The molecule has 0 spiro atoms. The summed E-state index contributed by atoms with van der Waals surface area (Å²) >= 11 is 0. The maximum absolute atomic E-state index is 9.00. The van der Waals surface area contributed by atoms with Gasteiger partial charge in [-0.2, -0.15) is 0 Å². The Hall–Kier alpha value is -0.600. The van der Waals surface area contributed by atoms with Crippen molar-refractivity contribution in [3.05, 3.63) is 23.8 Å². The van der Waals surface area contributed by atoms with Crippen LogP contribution in [0.5, 0.6) is 0 Å². The Morgan fingerprint density at radius 1 is 1.60 bits per heavy atom. The first-order chi connectivity index (χ1) is 4.72. The third-order valence-corrected chi connectivity index (χ3v) is 1.25. The molecule has 1 unspecified atom stereocenters. The van der Waals surface area contributed by atoms with Crippen LogP contribution >= 0.6 is 0 Å².